The van der Waals surface area contributed by atoms with Gasteiger partial charge in [0.2, 0.25) is 0 Å². The Morgan fingerprint density at radius 2 is 2.09 bits per heavy atom. The molecule has 0 radical (unpaired) electrons. The van der Waals surface area contributed by atoms with Gasteiger partial charge in [0.15, 0.2) is 0 Å². The molecule has 3 aliphatic carbocycles. The molecular weight excluding hydrogens is 272 g/mol. The Bertz CT molecular complexity index is 624. The van der Waals surface area contributed by atoms with Gasteiger partial charge in [-0.1, -0.05) is 13.0 Å². The second-order valence-electron chi connectivity index (χ2n) is 7.58. The molecule has 2 N–H and O–H groups in total. The Morgan fingerprint density at radius 1 is 1.23 bits per heavy atom. The molecule has 3 nitrogen and oxygen atoms in total. The molecule has 0 aromatic heterocycles. The van der Waals surface area contributed by atoms with Gasteiger partial charge in [-0.3, -0.25) is 0 Å². The molecule has 0 saturated heterocycles. The summed E-state index contributed by atoms with van der Waals surface area (Å²) in [6.07, 6.45) is 7.36. The number of hydrogen-bond donors (Lipinski definition) is 2. The number of benzene rings is 1. The summed E-state index contributed by atoms with van der Waals surface area (Å²) >= 11 is 0. The first-order valence-corrected chi connectivity index (χ1v) is 8.69. The Kier molecular flexibility index (Phi) is 3.21. The van der Waals surface area contributed by atoms with Gasteiger partial charge in [-0.2, -0.15) is 5.10 Å². The number of phenolic OH excluding ortho intramolecular Hbond substituents is 1. The van der Waals surface area contributed by atoms with Crippen LogP contribution in [0.1, 0.15) is 56.1 Å². The van der Waals surface area contributed by atoms with Crippen molar-refractivity contribution in [3.63, 3.8) is 0 Å². The lowest BCUT2D eigenvalue weighted by Gasteiger charge is -2.49. The maximum absolute atomic E-state index is 9.75. The largest absolute Gasteiger partial charge is 0.508 e. The Balaban J connectivity index is 1.69. The van der Waals surface area contributed by atoms with Crippen molar-refractivity contribution >= 4 is 5.71 Å². The smallest absolute Gasteiger partial charge is 0.115 e. The molecule has 0 aliphatic heterocycles. The fraction of sp³-hybridized carbons (Fsp3) is 0.632. The van der Waals surface area contributed by atoms with Crippen molar-refractivity contribution in [1.82, 2.24) is 5.43 Å². The van der Waals surface area contributed by atoms with E-state index in [0.717, 1.165) is 24.7 Å². The molecule has 2 fully saturated rings. The molecule has 0 bridgehead atoms. The van der Waals surface area contributed by atoms with E-state index in [0.29, 0.717) is 17.1 Å². The van der Waals surface area contributed by atoms with Crippen LogP contribution < -0.4 is 5.43 Å². The first-order valence-electron chi connectivity index (χ1n) is 8.69. The van der Waals surface area contributed by atoms with Crippen LogP contribution in [-0.4, -0.2) is 17.9 Å². The third-order valence-corrected chi connectivity index (χ3v) is 6.70. The molecule has 0 unspecified atom stereocenters. The first-order chi connectivity index (χ1) is 10.6. The molecule has 22 heavy (non-hydrogen) atoms. The number of hydrazone groups is 1. The molecule has 1 aromatic rings. The van der Waals surface area contributed by atoms with E-state index in [1.54, 1.807) is 0 Å². The monoisotopic (exact) mass is 298 g/mol. The fourth-order valence-electron chi connectivity index (χ4n) is 5.68. The summed E-state index contributed by atoms with van der Waals surface area (Å²) in [5, 5.41) is 14.4. The highest BCUT2D eigenvalue weighted by atomic mass is 16.3. The van der Waals surface area contributed by atoms with Gasteiger partial charge in [0, 0.05) is 18.2 Å². The second kappa shape index (κ2) is 5.00. The summed E-state index contributed by atoms with van der Waals surface area (Å²) in [6, 6.07) is 6.04. The molecule has 118 valence electrons. The number of nitrogens with zero attached hydrogens (tertiary/aromatic N) is 1. The van der Waals surface area contributed by atoms with Gasteiger partial charge in [-0.25, -0.2) is 0 Å². The van der Waals surface area contributed by atoms with Gasteiger partial charge in [-0.05, 0) is 79.5 Å². The van der Waals surface area contributed by atoms with Crippen molar-refractivity contribution in [3.8, 4) is 5.75 Å². The highest BCUT2D eigenvalue weighted by molar-refractivity contribution is 5.92. The predicted molar refractivity (Wildman–Crippen MR) is 89.2 cm³/mol. The van der Waals surface area contributed by atoms with E-state index in [4.69, 9.17) is 0 Å². The number of phenols is 1. The maximum atomic E-state index is 9.75. The predicted octanol–water partition coefficient (Wildman–Crippen LogP) is 3.82. The zero-order valence-corrected chi connectivity index (χ0v) is 13.6. The van der Waals surface area contributed by atoms with E-state index in [-0.39, 0.29) is 0 Å². The molecule has 4 rings (SSSR count). The minimum Gasteiger partial charge on any atom is -0.508 e. The van der Waals surface area contributed by atoms with E-state index >= 15 is 0 Å². The van der Waals surface area contributed by atoms with Gasteiger partial charge >= 0.3 is 0 Å². The topological polar surface area (TPSA) is 44.6 Å². The molecule has 0 spiro atoms. The number of fused-ring (bicyclic) bond motifs is 5. The SMILES string of the molecule is CN/N=C1\CC[C@H]2[C@@H]3CCc4cc(O)ccc4[C@H]3CC[C@]12C. The summed E-state index contributed by atoms with van der Waals surface area (Å²) in [6.45, 7) is 2.45. The summed E-state index contributed by atoms with van der Waals surface area (Å²) in [7, 11) is 1.92. The average molecular weight is 298 g/mol. The number of hydrogen-bond acceptors (Lipinski definition) is 3. The van der Waals surface area contributed by atoms with Crippen LogP contribution >= 0.6 is 0 Å². The maximum Gasteiger partial charge on any atom is 0.115 e. The van der Waals surface area contributed by atoms with Crippen molar-refractivity contribution < 1.29 is 5.11 Å². The van der Waals surface area contributed by atoms with Crippen molar-refractivity contribution in [2.75, 3.05) is 7.05 Å². The van der Waals surface area contributed by atoms with Gasteiger partial charge in [0.25, 0.3) is 0 Å². The number of nitrogens with one attached hydrogen (secondary N) is 1. The van der Waals surface area contributed by atoms with Gasteiger partial charge < -0.3 is 10.5 Å². The van der Waals surface area contributed by atoms with Crippen LogP contribution in [-0.2, 0) is 6.42 Å². The van der Waals surface area contributed by atoms with E-state index in [2.05, 4.69) is 23.5 Å². The highest BCUT2D eigenvalue weighted by Crippen LogP contribution is 2.59. The zero-order chi connectivity index (χ0) is 15.3. The zero-order valence-electron chi connectivity index (χ0n) is 13.6. The molecule has 4 atom stereocenters. The number of rotatable bonds is 1. The van der Waals surface area contributed by atoms with Gasteiger partial charge in [0.1, 0.15) is 5.75 Å². The van der Waals surface area contributed by atoms with Gasteiger partial charge in [-0.15, -0.1) is 0 Å². The number of aryl methyl sites for hydroxylation is 1. The molecule has 1 aromatic carbocycles. The van der Waals surface area contributed by atoms with Crippen LogP contribution in [0.3, 0.4) is 0 Å². The normalized spacial score (nSPS) is 38.3. The molecular formula is C19H26N2O. The third kappa shape index (κ3) is 1.90. The molecule has 3 heteroatoms. The van der Waals surface area contributed by atoms with Crippen molar-refractivity contribution in [3.05, 3.63) is 29.3 Å². The van der Waals surface area contributed by atoms with Crippen LogP contribution in [0.2, 0.25) is 0 Å². The quantitative estimate of drug-likeness (QED) is 0.774. The summed E-state index contributed by atoms with van der Waals surface area (Å²) < 4.78 is 0. The highest BCUT2D eigenvalue weighted by Gasteiger charge is 2.53. The standard InChI is InChI=1S/C19H26N2O/c1-19-10-9-15-14-6-4-13(22)11-12(14)3-5-16(15)17(19)7-8-18(19)21-20-2/h4,6,11,15-17,20,22H,3,5,7-10H2,1-2H3/b21-18+/t15-,16-,17+,19+/m1/s1. The molecule has 0 heterocycles. The number of aromatic hydroxyl groups is 1. The lowest BCUT2D eigenvalue weighted by Crippen LogP contribution is -2.42. The Labute approximate surface area is 132 Å². The fourth-order valence-corrected chi connectivity index (χ4v) is 5.68. The van der Waals surface area contributed by atoms with Crippen molar-refractivity contribution in [2.45, 2.75) is 51.4 Å². The van der Waals surface area contributed by atoms with E-state index in [9.17, 15) is 5.11 Å². The van der Waals surface area contributed by atoms with Crippen molar-refractivity contribution in [2.24, 2.45) is 22.4 Å². The van der Waals surface area contributed by atoms with Gasteiger partial charge in [0.05, 0.1) is 0 Å². The minimum atomic E-state index is 0.304. The molecule has 3 aliphatic rings. The van der Waals surface area contributed by atoms with Crippen LogP contribution in [0.25, 0.3) is 0 Å². The lowest BCUT2D eigenvalue weighted by molar-refractivity contribution is 0.0954. The summed E-state index contributed by atoms with van der Waals surface area (Å²) in [4.78, 5) is 0. The Morgan fingerprint density at radius 3 is 2.91 bits per heavy atom. The molecule has 0 amide bonds. The van der Waals surface area contributed by atoms with Crippen LogP contribution in [0.5, 0.6) is 5.75 Å². The van der Waals surface area contributed by atoms with E-state index in [1.807, 2.05) is 19.2 Å². The minimum absolute atomic E-state index is 0.304. The van der Waals surface area contributed by atoms with Crippen LogP contribution in [0, 0.1) is 17.3 Å². The van der Waals surface area contributed by atoms with E-state index < -0.39 is 0 Å². The third-order valence-electron chi connectivity index (χ3n) is 6.70. The molecule has 2 saturated carbocycles. The lowest BCUT2D eigenvalue weighted by atomic mass is 9.55. The van der Waals surface area contributed by atoms with Crippen LogP contribution in [0.4, 0.5) is 0 Å². The summed E-state index contributed by atoms with van der Waals surface area (Å²) in [5.41, 5.74) is 7.62. The summed E-state index contributed by atoms with van der Waals surface area (Å²) in [5.74, 6) is 2.68. The van der Waals surface area contributed by atoms with Crippen molar-refractivity contribution in [1.29, 1.82) is 0 Å². The Hall–Kier alpha value is -1.51. The van der Waals surface area contributed by atoms with E-state index in [1.165, 1.54) is 42.5 Å². The first kappa shape index (κ1) is 14.1. The average Bonchev–Trinajstić information content (AvgIpc) is 2.84. The second-order valence-corrected chi connectivity index (χ2v) is 7.58. The van der Waals surface area contributed by atoms with Crippen LogP contribution in [0.15, 0.2) is 23.3 Å².